The third-order valence-corrected chi connectivity index (χ3v) is 2.77. The minimum atomic E-state index is -0.986. The predicted octanol–water partition coefficient (Wildman–Crippen LogP) is 2.50. The Kier molecular flexibility index (Phi) is 7.80. The van der Waals surface area contributed by atoms with Crippen LogP contribution in [0.1, 0.15) is 20.7 Å². The smallest absolute Gasteiger partial charge is 0.335 e. The lowest BCUT2D eigenvalue weighted by Crippen LogP contribution is -2.04. The van der Waals surface area contributed by atoms with Crippen LogP contribution >= 0.6 is 0 Å². The number of carboxylic acid groups (broad SMARTS) is 2. The summed E-state index contributed by atoms with van der Waals surface area (Å²) >= 11 is 0. The second-order valence-electron chi connectivity index (χ2n) is 4.52. The third-order valence-electron chi connectivity index (χ3n) is 2.77. The van der Waals surface area contributed by atoms with Crippen molar-refractivity contribution >= 4 is 11.9 Å². The van der Waals surface area contributed by atoms with Gasteiger partial charge in [-0.25, -0.2) is 9.59 Å². The van der Waals surface area contributed by atoms with Crippen LogP contribution in [0.3, 0.4) is 0 Å². The largest absolute Gasteiger partial charge is 0.508 e. The van der Waals surface area contributed by atoms with E-state index in [-0.39, 0.29) is 16.9 Å². The quantitative estimate of drug-likeness (QED) is 0.695. The number of carbonyl (C=O) groups is 2. The van der Waals surface area contributed by atoms with Gasteiger partial charge in [0.05, 0.1) is 17.7 Å². The van der Waals surface area contributed by atoms with E-state index in [2.05, 4.69) is 0 Å². The molecular formula is C17H18O7. The summed E-state index contributed by atoms with van der Waals surface area (Å²) in [7, 11) is 1.59. The maximum absolute atomic E-state index is 10.5. The van der Waals surface area contributed by atoms with E-state index in [0.29, 0.717) is 19.0 Å². The summed E-state index contributed by atoms with van der Waals surface area (Å²) in [4.78, 5) is 20.7. The van der Waals surface area contributed by atoms with Crippen molar-refractivity contribution in [2.24, 2.45) is 0 Å². The van der Waals surface area contributed by atoms with E-state index >= 15 is 0 Å². The number of rotatable bonds is 6. The summed E-state index contributed by atoms with van der Waals surface area (Å²) in [5.41, 5.74) is 0.432. The van der Waals surface area contributed by atoms with Crippen molar-refractivity contribution in [2.45, 2.75) is 0 Å². The Balaban J connectivity index is 0.000000254. The zero-order valence-electron chi connectivity index (χ0n) is 13.0. The maximum atomic E-state index is 10.5. The number of aromatic carboxylic acids is 2. The first-order chi connectivity index (χ1) is 11.4. The predicted molar refractivity (Wildman–Crippen MR) is 85.8 cm³/mol. The molecule has 0 saturated carbocycles. The number of phenolic OH excluding ortho intramolecular Hbond substituents is 1. The highest BCUT2D eigenvalue weighted by molar-refractivity contribution is 5.88. The topological polar surface area (TPSA) is 113 Å². The fraction of sp³-hybridized carbons (Fsp3) is 0.176. The number of aromatic hydroxyl groups is 1. The molecule has 0 fully saturated rings. The standard InChI is InChI=1S/C10H12O4.C7H6O3/c1-13-6-7-14-9-4-2-8(3-5-9)10(11)12;8-6-3-1-5(2-4-6)7(9)10/h2-5H,6-7H2,1H3,(H,11,12);1-4,8H,(H,9,10). The van der Waals surface area contributed by atoms with Gasteiger partial charge >= 0.3 is 11.9 Å². The molecule has 0 bridgehead atoms. The Bertz CT molecular complexity index is 648. The number of hydrogen-bond donors (Lipinski definition) is 3. The van der Waals surface area contributed by atoms with Gasteiger partial charge in [-0.15, -0.1) is 0 Å². The normalized spacial score (nSPS) is 9.54. The van der Waals surface area contributed by atoms with Gasteiger partial charge in [-0.2, -0.15) is 0 Å². The maximum Gasteiger partial charge on any atom is 0.335 e. The Hall–Kier alpha value is -3.06. The van der Waals surface area contributed by atoms with Crippen molar-refractivity contribution < 1.29 is 34.4 Å². The highest BCUT2D eigenvalue weighted by Gasteiger charge is 2.01. The summed E-state index contributed by atoms with van der Waals surface area (Å²) in [5.74, 6) is -1.20. The highest BCUT2D eigenvalue weighted by atomic mass is 16.5. The molecule has 0 aliphatic carbocycles. The van der Waals surface area contributed by atoms with Crippen molar-refractivity contribution in [1.82, 2.24) is 0 Å². The molecule has 0 heterocycles. The van der Waals surface area contributed by atoms with Gasteiger partial charge in [-0.3, -0.25) is 0 Å². The molecule has 0 radical (unpaired) electrons. The van der Waals surface area contributed by atoms with Crippen LogP contribution in [0.2, 0.25) is 0 Å². The Morgan fingerprint density at radius 2 is 1.29 bits per heavy atom. The van der Waals surface area contributed by atoms with Gasteiger partial charge in [0.2, 0.25) is 0 Å². The molecule has 3 N–H and O–H groups in total. The van der Waals surface area contributed by atoms with Crippen molar-refractivity contribution in [3.05, 3.63) is 59.7 Å². The molecule has 0 aromatic heterocycles. The lowest BCUT2D eigenvalue weighted by molar-refractivity contribution is 0.0686. The fourth-order valence-electron chi connectivity index (χ4n) is 1.54. The first-order valence-corrected chi connectivity index (χ1v) is 6.91. The van der Waals surface area contributed by atoms with Gasteiger partial charge in [-0.05, 0) is 48.5 Å². The first kappa shape index (κ1) is 19.0. The van der Waals surface area contributed by atoms with Crippen molar-refractivity contribution in [2.75, 3.05) is 20.3 Å². The van der Waals surface area contributed by atoms with Gasteiger partial charge in [0.15, 0.2) is 0 Å². The molecule has 128 valence electrons. The molecular weight excluding hydrogens is 316 g/mol. The lowest BCUT2D eigenvalue weighted by Gasteiger charge is -2.04. The van der Waals surface area contributed by atoms with Gasteiger partial charge < -0.3 is 24.8 Å². The van der Waals surface area contributed by atoms with E-state index in [1.807, 2.05) is 0 Å². The zero-order chi connectivity index (χ0) is 17.9. The van der Waals surface area contributed by atoms with Crippen molar-refractivity contribution in [3.8, 4) is 11.5 Å². The molecule has 0 aliphatic rings. The van der Waals surface area contributed by atoms with Gasteiger partial charge in [0.25, 0.3) is 0 Å². The van der Waals surface area contributed by atoms with E-state index in [9.17, 15) is 9.59 Å². The number of ether oxygens (including phenoxy) is 2. The van der Waals surface area contributed by atoms with Crippen molar-refractivity contribution in [1.29, 1.82) is 0 Å². The molecule has 2 rings (SSSR count). The molecule has 0 atom stereocenters. The van der Waals surface area contributed by atoms with E-state index in [0.717, 1.165) is 0 Å². The number of methoxy groups -OCH3 is 1. The molecule has 2 aromatic carbocycles. The molecule has 0 saturated heterocycles. The molecule has 24 heavy (non-hydrogen) atoms. The van der Waals surface area contributed by atoms with Crippen molar-refractivity contribution in [3.63, 3.8) is 0 Å². The number of phenols is 1. The third kappa shape index (κ3) is 6.80. The summed E-state index contributed by atoms with van der Waals surface area (Å²) in [6, 6.07) is 11.6. The average Bonchev–Trinajstić information content (AvgIpc) is 2.56. The molecule has 7 nitrogen and oxygen atoms in total. The lowest BCUT2D eigenvalue weighted by atomic mass is 10.2. The van der Waals surface area contributed by atoms with Crippen LogP contribution in [-0.4, -0.2) is 47.6 Å². The molecule has 0 amide bonds. The van der Waals surface area contributed by atoms with E-state index in [4.69, 9.17) is 24.8 Å². The minimum absolute atomic E-state index is 0.0741. The van der Waals surface area contributed by atoms with E-state index < -0.39 is 11.9 Å². The SMILES string of the molecule is COCCOc1ccc(C(=O)O)cc1.O=C(O)c1ccc(O)cc1. The van der Waals surface area contributed by atoms with E-state index in [1.165, 1.54) is 36.4 Å². The minimum Gasteiger partial charge on any atom is -0.508 e. The Morgan fingerprint density at radius 1 is 0.833 bits per heavy atom. The molecule has 0 aliphatic heterocycles. The molecule has 0 unspecified atom stereocenters. The zero-order valence-corrected chi connectivity index (χ0v) is 13.0. The molecule has 7 heteroatoms. The van der Waals surface area contributed by atoms with Crippen LogP contribution in [0.5, 0.6) is 11.5 Å². The summed E-state index contributed by atoms with van der Waals surface area (Å²) < 4.78 is 10.1. The van der Waals surface area contributed by atoms with Crippen LogP contribution in [0.25, 0.3) is 0 Å². The van der Waals surface area contributed by atoms with Crippen LogP contribution < -0.4 is 4.74 Å². The summed E-state index contributed by atoms with van der Waals surface area (Å²) in [6.07, 6.45) is 0. The Labute approximate surface area is 138 Å². The fourth-order valence-corrected chi connectivity index (χ4v) is 1.54. The van der Waals surface area contributed by atoms with Gasteiger partial charge in [-0.1, -0.05) is 0 Å². The van der Waals surface area contributed by atoms with Gasteiger partial charge in [0, 0.05) is 7.11 Å². The van der Waals surface area contributed by atoms with Gasteiger partial charge in [0.1, 0.15) is 18.1 Å². The summed E-state index contributed by atoms with van der Waals surface area (Å²) in [6.45, 7) is 0.976. The highest BCUT2D eigenvalue weighted by Crippen LogP contribution is 2.11. The summed E-state index contributed by atoms with van der Waals surface area (Å²) in [5, 5.41) is 25.8. The van der Waals surface area contributed by atoms with Crippen LogP contribution in [0, 0.1) is 0 Å². The van der Waals surface area contributed by atoms with Crippen LogP contribution in [0.4, 0.5) is 0 Å². The Morgan fingerprint density at radius 3 is 1.71 bits per heavy atom. The van der Waals surface area contributed by atoms with Crippen LogP contribution in [0.15, 0.2) is 48.5 Å². The van der Waals surface area contributed by atoms with Crippen LogP contribution in [-0.2, 0) is 4.74 Å². The molecule has 2 aromatic rings. The second kappa shape index (κ2) is 9.86. The monoisotopic (exact) mass is 334 g/mol. The molecule has 0 spiro atoms. The van der Waals surface area contributed by atoms with E-state index in [1.54, 1.807) is 19.2 Å². The number of carboxylic acids is 2. The number of benzene rings is 2. The average molecular weight is 334 g/mol. The first-order valence-electron chi connectivity index (χ1n) is 6.91. The second-order valence-corrected chi connectivity index (χ2v) is 4.52. The number of hydrogen-bond acceptors (Lipinski definition) is 5.